The van der Waals surface area contributed by atoms with Gasteiger partial charge in [0.2, 0.25) is 0 Å². The summed E-state index contributed by atoms with van der Waals surface area (Å²) >= 11 is 0. The fraction of sp³-hybridized carbons (Fsp3) is 0.0909. The molecule has 0 atom stereocenters. The molecule has 0 heterocycles. The third kappa shape index (κ3) is 3.35. The molecule has 0 spiro atoms. The van der Waals surface area contributed by atoms with Crippen LogP contribution in [0.1, 0.15) is 19.4 Å². The van der Waals surface area contributed by atoms with Gasteiger partial charge in [-0.3, -0.25) is 0 Å². The van der Waals surface area contributed by atoms with Crippen LogP contribution in [0.3, 0.4) is 0 Å². The summed E-state index contributed by atoms with van der Waals surface area (Å²) in [5.74, 6) is 0. The van der Waals surface area contributed by atoms with E-state index in [1.807, 2.05) is 0 Å². The molecule has 0 aromatic heterocycles. The van der Waals surface area contributed by atoms with Crippen LogP contribution in [0.4, 0.5) is 11.4 Å². The maximum absolute atomic E-state index is 2.31. The highest BCUT2D eigenvalue weighted by molar-refractivity contribution is 5.77. The molecule has 0 bridgehead atoms. The Labute approximate surface area is 138 Å². The number of nitrogens with zero attached hydrogens (tertiary/aromatic N) is 1. The molecule has 1 nitrogen and oxygen atoms in total. The highest BCUT2D eigenvalue weighted by atomic mass is 15.1. The van der Waals surface area contributed by atoms with E-state index in [1.54, 1.807) is 0 Å². The number of para-hydroxylation sites is 2. The van der Waals surface area contributed by atoms with E-state index in [-0.39, 0.29) is 0 Å². The van der Waals surface area contributed by atoms with Crippen LogP contribution in [0.25, 0.3) is 5.57 Å². The molecule has 3 aromatic rings. The molecule has 0 unspecified atom stereocenters. The SMILES string of the molecule is CC(=C(C)N(c1ccccc1)c1ccccc1)c1ccccc1. The highest BCUT2D eigenvalue weighted by Gasteiger charge is 2.13. The second-order valence-electron chi connectivity index (χ2n) is 5.58. The first-order valence-electron chi connectivity index (χ1n) is 7.90. The highest BCUT2D eigenvalue weighted by Crippen LogP contribution is 2.32. The van der Waals surface area contributed by atoms with Gasteiger partial charge in [-0.05, 0) is 49.2 Å². The van der Waals surface area contributed by atoms with Gasteiger partial charge in [0.15, 0.2) is 0 Å². The molecule has 0 radical (unpaired) electrons. The molecule has 0 aliphatic carbocycles. The molecule has 3 aromatic carbocycles. The fourth-order valence-corrected chi connectivity index (χ4v) is 2.76. The average molecular weight is 299 g/mol. The summed E-state index contributed by atoms with van der Waals surface area (Å²) in [6.07, 6.45) is 0. The van der Waals surface area contributed by atoms with Crippen LogP contribution in [0.2, 0.25) is 0 Å². The Morgan fingerprint density at radius 3 is 1.39 bits per heavy atom. The molecule has 0 aliphatic heterocycles. The van der Waals surface area contributed by atoms with Crippen molar-refractivity contribution in [2.45, 2.75) is 13.8 Å². The van der Waals surface area contributed by atoms with Gasteiger partial charge in [-0.1, -0.05) is 66.7 Å². The molecule has 0 aliphatic rings. The summed E-state index contributed by atoms with van der Waals surface area (Å²) in [4.78, 5) is 2.31. The van der Waals surface area contributed by atoms with Gasteiger partial charge in [-0.2, -0.15) is 0 Å². The fourth-order valence-electron chi connectivity index (χ4n) is 2.76. The average Bonchev–Trinajstić information content (AvgIpc) is 2.64. The molecule has 0 saturated heterocycles. The molecular weight excluding hydrogens is 278 g/mol. The summed E-state index contributed by atoms with van der Waals surface area (Å²) in [6.45, 7) is 4.37. The van der Waals surface area contributed by atoms with Crippen LogP contribution < -0.4 is 4.90 Å². The number of hydrogen-bond donors (Lipinski definition) is 0. The first kappa shape index (κ1) is 15.1. The number of anilines is 2. The van der Waals surface area contributed by atoms with Crippen LogP contribution in [0.15, 0.2) is 96.7 Å². The summed E-state index contributed by atoms with van der Waals surface area (Å²) in [6, 6.07) is 31.6. The van der Waals surface area contributed by atoms with Crippen molar-refractivity contribution in [2.24, 2.45) is 0 Å². The largest absolute Gasteiger partial charge is 0.314 e. The monoisotopic (exact) mass is 299 g/mol. The summed E-state index contributed by atoms with van der Waals surface area (Å²) in [5, 5.41) is 0. The Morgan fingerprint density at radius 2 is 0.957 bits per heavy atom. The lowest BCUT2D eigenvalue weighted by molar-refractivity contribution is 1.15. The lowest BCUT2D eigenvalue weighted by atomic mass is 10.0. The first-order valence-corrected chi connectivity index (χ1v) is 7.90. The van der Waals surface area contributed by atoms with Crippen molar-refractivity contribution in [1.29, 1.82) is 0 Å². The minimum absolute atomic E-state index is 1.17. The normalized spacial score (nSPS) is 11.7. The smallest absolute Gasteiger partial charge is 0.0458 e. The molecule has 0 amide bonds. The Hall–Kier alpha value is -2.80. The van der Waals surface area contributed by atoms with Gasteiger partial charge in [0, 0.05) is 17.1 Å². The molecule has 0 N–H and O–H groups in total. The minimum atomic E-state index is 1.17. The van der Waals surface area contributed by atoms with E-state index >= 15 is 0 Å². The van der Waals surface area contributed by atoms with E-state index in [0.29, 0.717) is 0 Å². The minimum Gasteiger partial charge on any atom is -0.314 e. The Bertz CT molecular complexity index is 734. The van der Waals surface area contributed by atoms with Crippen molar-refractivity contribution in [1.82, 2.24) is 0 Å². The molecule has 0 saturated carbocycles. The lowest BCUT2D eigenvalue weighted by Gasteiger charge is -2.27. The zero-order chi connectivity index (χ0) is 16.1. The number of rotatable bonds is 4. The first-order chi connectivity index (χ1) is 11.3. The topological polar surface area (TPSA) is 3.24 Å². The second-order valence-corrected chi connectivity index (χ2v) is 5.58. The van der Waals surface area contributed by atoms with E-state index in [2.05, 4.69) is 110 Å². The maximum atomic E-state index is 2.31. The summed E-state index contributed by atoms with van der Waals surface area (Å²) in [5.41, 5.74) is 6.10. The number of hydrogen-bond acceptors (Lipinski definition) is 1. The summed E-state index contributed by atoms with van der Waals surface area (Å²) < 4.78 is 0. The number of allylic oxidation sites excluding steroid dienone is 2. The standard InChI is InChI=1S/C22H21N/c1-18(20-12-6-3-7-13-20)19(2)23(21-14-8-4-9-15-21)22-16-10-5-11-17-22/h3-17H,1-2H3. The summed E-state index contributed by atoms with van der Waals surface area (Å²) in [7, 11) is 0. The van der Waals surface area contributed by atoms with Gasteiger partial charge in [-0.25, -0.2) is 0 Å². The van der Waals surface area contributed by atoms with E-state index < -0.39 is 0 Å². The lowest BCUT2D eigenvalue weighted by Crippen LogP contribution is -2.15. The van der Waals surface area contributed by atoms with Gasteiger partial charge < -0.3 is 4.90 Å². The van der Waals surface area contributed by atoms with Crippen molar-refractivity contribution in [2.75, 3.05) is 4.90 Å². The quantitative estimate of drug-likeness (QED) is 0.548. The molecule has 1 heteroatoms. The van der Waals surface area contributed by atoms with E-state index in [4.69, 9.17) is 0 Å². The van der Waals surface area contributed by atoms with Gasteiger partial charge in [0.05, 0.1) is 0 Å². The van der Waals surface area contributed by atoms with E-state index in [9.17, 15) is 0 Å². The Morgan fingerprint density at radius 1 is 0.565 bits per heavy atom. The molecule has 0 fully saturated rings. The molecule has 114 valence electrons. The van der Waals surface area contributed by atoms with Crippen molar-refractivity contribution < 1.29 is 0 Å². The van der Waals surface area contributed by atoms with Crippen LogP contribution in [0.5, 0.6) is 0 Å². The predicted molar refractivity (Wildman–Crippen MR) is 99.7 cm³/mol. The maximum Gasteiger partial charge on any atom is 0.0458 e. The van der Waals surface area contributed by atoms with Gasteiger partial charge in [-0.15, -0.1) is 0 Å². The third-order valence-corrected chi connectivity index (χ3v) is 4.11. The van der Waals surface area contributed by atoms with Crippen LogP contribution >= 0.6 is 0 Å². The Kier molecular flexibility index (Phi) is 4.58. The van der Waals surface area contributed by atoms with Gasteiger partial charge >= 0.3 is 0 Å². The number of benzene rings is 3. The van der Waals surface area contributed by atoms with Crippen molar-refractivity contribution in [3.8, 4) is 0 Å². The third-order valence-electron chi connectivity index (χ3n) is 4.11. The van der Waals surface area contributed by atoms with Crippen LogP contribution in [-0.4, -0.2) is 0 Å². The van der Waals surface area contributed by atoms with Crippen molar-refractivity contribution in [3.05, 3.63) is 102 Å². The predicted octanol–water partition coefficient (Wildman–Crippen LogP) is 6.28. The van der Waals surface area contributed by atoms with E-state index in [1.165, 1.54) is 28.2 Å². The van der Waals surface area contributed by atoms with Crippen LogP contribution in [-0.2, 0) is 0 Å². The second kappa shape index (κ2) is 6.97. The van der Waals surface area contributed by atoms with Crippen molar-refractivity contribution in [3.63, 3.8) is 0 Å². The van der Waals surface area contributed by atoms with Crippen molar-refractivity contribution >= 4 is 16.9 Å². The molecular formula is C22H21N. The zero-order valence-corrected chi connectivity index (χ0v) is 13.6. The Balaban J connectivity index is 2.12. The van der Waals surface area contributed by atoms with E-state index in [0.717, 1.165) is 0 Å². The van der Waals surface area contributed by atoms with Gasteiger partial charge in [0.25, 0.3) is 0 Å². The molecule has 23 heavy (non-hydrogen) atoms. The van der Waals surface area contributed by atoms with Crippen LogP contribution in [0, 0.1) is 0 Å². The zero-order valence-electron chi connectivity index (χ0n) is 13.6. The van der Waals surface area contributed by atoms with Gasteiger partial charge in [0.1, 0.15) is 0 Å². The molecule has 3 rings (SSSR count).